The second-order valence-electron chi connectivity index (χ2n) is 8.64. The van der Waals surface area contributed by atoms with Gasteiger partial charge in [0, 0.05) is 20.6 Å². The third kappa shape index (κ3) is 5.27. The van der Waals surface area contributed by atoms with Crippen LogP contribution in [0.5, 0.6) is 0 Å². The molecule has 8 heteroatoms. The molecule has 3 heterocycles. The first-order chi connectivity index (χ1) is 18.3. The van der Waals surface area contributed by atoms with Gasteiger partial charge in [0.05, 0.1) is 10.6 Å². The van der Waals surface area contributed by atoms with Gasteiger partial charge in [-0.05, 0) is 61.4 Å². The van der Waals surface area contributed by atoms with Gasteiger partial charge in [-0.25, -0.2) is 4.79 Å². The van der Waals surface area contributed by atoms with Gasteiger partial charge in [-0.15, -0.1) is 11.3 Å². The molecule has 6 nitrogen and oxygen atoms in total. The van der Waals surface area contributed by atoms with E-state index in [0.29, 0.717) is 21.8 Å². The van der Waals surface area contributed by atoms with Crippen LogP contribution in [0.3, 0.4) is 0 Å². The van der Waals surface area contributed by atoms with E-state index in [1.165, 1.54) is 22.5 Å². The summed E-state index contributed by atoms with van der Waals surface area (Å²) in [5.41, 5.74) is 4.12. The van der Waals surface area contributed by atoms with Crippen LogP contribution in [0.2, 0.25) is 0 Å². The molecule has 3 aromatic carbocycles. The van der Waals surface area contributed by atoms with E-state index < -0.39 is 11.9 Å². The zero-order valence-corrected chi connectivity index (χ0v) is 22.9. The Morgan fingerprint density at radius 3 is 2.21 bits per heavy atom. The van der Waals surface area contributed by atoms with Gasteiger partial charge in [0.2, 0.25) is 0 Å². The Kier molecular flexibility index (Phi) is 7.18. The van der Waals surface area contributed by atoms with Crippen LogP contribution in [-0.2, 0) is 0 Å². The molecule has 0 aliphatic carbocycles. The summed E-state index contributed by atoms with van der Waals surface area (Å²) in [5, 5.41) is 15.7. The number of nitrogens with one attached hydrogen (secondary N) is 1. The number of aromatic carboxylic acids is 1. The number of aryl methyl sites for hydroxylation is 2. The minimum atomic E-state index is -1.16. The van der Waals surface area contributed by atoms with Crippen LogP contribution in [0.15, 0.2) is 97.5 Å². The SMILES string of the molecule is Cc1ccccc1C.O=C(Nc1csc(-c2cc3ccc(Br)cc3o2)c1C(=O)O)c1cc2ccccc2o1. The van der Waals surface area contributed by atoms with Crippen molar-refractivity contribution in [3.63, 3.8) is 0 Å². The fourth-order valence-corrected chi connectivity index (χ4v) is 5.19. The van der Waals surface area contributed by atoms with Gasteiger partial charge in [-0.3, -0.25) is 4.79 Å². The van der Waals surface area contributed by atoms with E-state index in [1.807, 2.05) is 36.4 Å². The lowest BCUT2D eigenvalue weighted by atomic mass is 10.1. The molecule has 0 bridgehead atoms. The van der Waals surface area contributed by atoms with Crippen LogP contribution in [0.4, 0.5) is 5.69 Å². The smallest absolute Gasteiger partial charge is 0.339 e. The number of carboxylic acid groups (broad SMARTS) is 1. The minimum Gasteiger partial charge on any atom is -0.478 e. The second kappa shape index (κ2) is 10.7. The number of benzene rings is 3. The third-order valence-electron chi connectivity index (χ3n) is 6.03. The van der Waals surface area contributed by atoms with Gasteiger partial charge in [0.25, 0.3) is 5.91 Å². The number of amides is 1. The first-order valence-corrected chi connectivity index (χ1v) is 13.3. The molecule has 0 aliphatic rings. The maximum atomic E-state index is 12.7. The molecule has 0 aliphatic heterocycles. The molecule has 2 N–H and O–H groups in total. The third-order valence-corrected chi connectivity index (χ3v) is 7.52. The lowest BCUT2D eigenvalue weighted by Crippen LogP contribution is -2.13. The summed E-state index contributed by atoms with van der Waals surface area (Å²) in [7, 11) is 0. The van der Waals surface area contributed by atoms with Crippen molar-refractivity contribution in [1.82, 2.24) is 0 Å². The highest BCUT2D eigenvalue weighted by Crippen LogP contribution is 2.39. The lowest BCUT2D eigenvalue weighted by molar-refractivity contribution is 0.0699. The standard InChI is InChI=1S/C22H12BrNO5S.C8H10/c23-13-6-5-12-7-17(29-16(12)9-13)20-19(22(26)27)14(10-30-20)24-21(25)18-8-11-3-1-2-4-15(11)28-18;1-7-5-3-4-6-8(7)2/h1-10H,(H,24,25)(H,26,27);3-6H,1-2H3. The van der Waals surface area contributed by atoms with E-state index in [4.69, 9.17) is 8.83 Å². The summed E-state index contributed by atoms with van der Waals surface area (Å²) in [5.74, 6) is -1.15. The Bertz CT molecular complexity index is 1740. The van der Waals surface area contributed by atoms with Crippen molar-refractivity contribution in [2.24, 2.45) is 0 Å². The summed E-state index contributed by atoms with van der Waals surface area (Å²) in [6, 6.07) is 24.6. The van der Waals surface area contributed by atoms with Gasteiger partial charge in [0.15, 0.2) is 5.76 Å². The number of furan rings is 2. The molecule has 38 heavy (non-hydrogen) atoms. The van der Waals surface area contributed by atoms with Crippen LogP contribution in [0, 0.1) is 13.8 Å². The van der Waals surface area contributed by atoms with E-state index in [0.717, 1.165) is 15.2 Å². The normalized spacial score (nSPS) is 10.8. The van der Waals surface area contributed by atoms with Crippen molar-refractivity contribution in [2.45, 2.75) is 13.8 Å². The van der Waals surface area contributed by atoms with Crippen molar-refractivity contribution >= 4 is 66.8 Å². The number of halogens is 1. The predicted molar refractivity (Wildman–Crippen MR) is 154 cm³/mol. The molecule has 0 radical (unpaired) electrons. The number of para-hydroxylation sites is 1. The molecule has 0 atom stereocenters. The van der Waals surface area contributed by atoms with Crippen LogP contribution in [0.25, 0.3) is 32.6 Å². The summed E-state index contributed by atoms with van der Waals surface area (Å²) < 4.78 is 12.3. The van der Waals surface area contributed by atoms with E-state index in [2.05, 4.69) is 59.4 Å². The number of carbonyl (C=O) groups is 2. The number of rotatable bonds is 4. The fraction of sp³-hybridized carbons (Fsp3) is 0.0667. The van der Waals surface area contributed by atoms with Gasteiger partial charge < -0.3 is 19.3 Å². The molecule has 6 aromatic rings. The second-order valence-corrected chi connectivity index (χ2v) is 10.4. The van der Waals surface area contributed by atoms with E-state index in [9.17, 15) is 14.7 Å². The lowest BCUT2D eigenvalue weighted by Gasteiger charge is -2.03. The number of anilines is 1. The van der Waals surface area contributed by atoms with E-state index in [-0.39, 0.29) is 17.0 Å². The summed E-state index contributed by atoms with van der Waals surface area (Å²) in [6.07, 6.45) is 0. The average molecular weight is 588 g/mol. The Morgan fingerprint density at radius 1 is 0.842 bits per heavy atom. The largest absolute Gasteiger partial charge is 0.478 e. The van der Waals surface area contributed by atoms with Crippen LogP contribution in [-0.4, -0.2) is 17.0 Å². The Morgan fingerprint density at radius 2 is 1.53 bits per heavy atom. The molecule has 0 saturated heterocycles. The van der Waals surface area contributed by atoms with Crippen molar-refractivity contribution < 1.29 is 23.5 Å². The number of carbonyl (C=O) groups excluding carboxylic acids is 1. The summed E-state index contributed by atoms with van der Waals surface area (Å²) >= 11 is 4.58. The van der Waals surface area contributed by atoms with Crippen molar-refractivity contribution in [1.29, 1.82) is 0 Å². The number of hydrogen-bond acceptors (Lipinski definition) is 5. The van der Waals surface area contributed by atoms with Crippen molar-refractivity contribution in [3.05, 3.63) is 111 Å². The maximum Gasteiger partial charge on any atom is 0.339 e. The monoisotopic (exact) mass is 587 g/mol. The zero-order valence-electron chi connectivity index (χ0n) is 20.4. The molecule has 190 valence electrons. The number of thiophene rings is 1. The highest BCUT2D eigenvalue weighted by molar-refractivity contribution is 9.10. The van der Waals surface area contributed by atoms with Gasteiger partial charge in [0.1, 0.15) is 22.5 Å². The number of hydrogen-bond donors (Lipinski definition) is 2. The average Bonchev–Trinajstić information content (AvgIpc) is 3.62. The quantitative estimate of drug-likeness (QED) is 0.215. The Labute approximate surface area is 230 Å². The first-order valence-electron chi connectivity index (χ1n) is 11.7. The molecule has 3 aromatic heterocycles. The summed E-state index contributed by atoms with van der Waals surface area (Å²) in [6.45, 7) is 4.24. The molecule has 6 rings (SSSR count). The van der Waals surface area contributed by atoms with Crippen molar-refractivity contribution in [3.8, 4) is 10.6 Å². The summed E-state index contributed by atoms with van der Waals surface area (Å²) in [4.78, 5) is 25.1. The van der Waals surface area contributed by atoms with E-state index >= 15 is 0 Å². The number of fused-ring (bicyclic) bond motifs is 2. The topological polar surface area (TPSA) is 92.7 Å². The first kappa shape index (κ1) is 25.5. The van der Waals surface area contributed by atoms with Crippen LogP contribution in [0.1, 0.15) is 32.0 Å². The fourth-order valence-electron chi connectivity index (χ4n) is 3.90. The molecule has 0 fully saturated rings. The molecule has 1 amide bonds. The highest BCUT2D eigenvalue weighted by Gasteiger charge is 2.24. The van der Waals surface area contributed by atoms with E-state index in [1.54, 1.807) is 23.6 Å². The minimum absolute atomic E-state index is 0.0254. The van der Waals surface area contributed by atoms with Gasteiger partial charge >= 0.3 is 5.97 Å². The molecule has 0 saturated carbocycles. The molecular formula is C30H22BrNO5S. The van der Waals surface area contributed by atoms with Crippen molar-refractivity contribution in [2.75, 3.05) is 5.32 Å². The molecule has 0 spiro atoms. The van der Waals surface area contributed by atoms with Crippen LogP contribution >= 0.6 is 27.3 Å². The Balaban J connectivity index is 0.000000316. The Hall–Kier alpha value is -4.14. The van der Waals surface area contributed by atoms with Crippen LogP contribution < -0.4 is 5.32 Å². The van der Waals surface area contributed by atoms with Gasteiger partial charge in [-0.2, -0.15) is 0 Å². The maximum absolute atomic E-state index is 12.7. The highest BCUT2D eigenvalue weighted by atomic mass is 79.9. The van der Waals surface area contributed by atoms with Gasteiger partial charge in [-0.1, -0.05) is 58.4 Å². The number of carboxylic acids is 1. The molecular weight excluding hydrogens is 566 g/mol. The zero-order chi connectivity index (χ0) is 26.8. The predicted octanol–water partition coefficient (Wildman–Crippen LogP) is 8.92. The molecule has 0 unspecified atom stereocenters.